The van der Waals surface area contributed by atoms with Gasteiger partial charge in [-0.25, -0.2) is 0 Å². The van der Waals surface area contributed by atoms with E-state index < -0.39 is 0 Å². The van der Waals surface area contributed by atoms with Crippen molar-refractivity contribution >= 4 is 0 Å². The molecule has 0 heterocycles. The molecule has 0 aliphatic heterocycles. The number of rotatable bonds is 10. The fourth-order valence-electron chi connectivity index (χ4n) is 1.57. The zero-order valence-corrected chi connectivity index (χ0v) is 10.6. The fourth-order valence-corrected chi connectivity index (χ4v) is 1.96. The Morgan fingerprint density at radius 1 is 0.615 bits per heavy atom. The first-order valence-corrected chi connectivity index (χ1v) is 7.03. The van der Waals surface area contributed by atoms with E-state index in [-0.39, 0.29) is 0 Å². The van der Waals surface area contributed by atoms with E-state index in [1.807, 2.05) is 0 Å². The van der Waals surface area contributed by atoms with Crippen molar-refractivity contribution in [2.24, 2.45) is 0 Å². The summed E-state index contributed by atoms with van der Waals surface area (Å²) in [4.78, 5) is 1.22. The van der Waals surface area contributed by atoms with Crippen LogP contribution in [-0.2, 0) is 19.2 Å². The van der Waals surface area contributed by atoms with E-state index in [9.17, 15) is 0 Å². The van der Waals surface area contributed by atoms with Crippen LogP contribution in [0.25, 0.3) is 0 Å². The van der Waals surface area contributed by atoms with Gasteiger partial charge in [-0.1, -0.05) is 0 Å². The molecule has 0 saturated carbocycles. The molecule has 0 atom stereocenters. The Labute approximate surface area is 95.3 Å². The van der Waals surface area contributed by atoms with Gasteiger partial charge in [-0.3, -0.25) is 0 Å². The van der Waals surface area contributed by atoms with Gasteiger partial charge in [0.05, 0.1) is 0 Å². The van der Waals surface area contributed by atoms with Gasteiger partial charge in [0.15, 0.2) is 0 Å². The summed E-state index contributed by atoms with van der Waals surface area (Å²) >= 11 is 3.23. The first kappa shape index (κ1) is 13.7. The summed E-state index contributed by atoms with van der Waals surface area (Å²) in [6.07, 6.45) is 14.4. The van der Waals surface area contributed by atoms with Crippen molar-refractivity contribution in [1.29, 1.82) is 0 Å². The van der Waals surface area contributed by atoms with Crippen LogP contribution in [0.3, 0.4) is 0 Å². The maximum absolute atomic E-state index is 3.23. The molecule has 0 rings (SSSR count). The summed E-state index contributed by atoms with van der Waals surface area (Å²) in [6.45, 7) is 2.28. The molecule has 0 radical (unpaired) electrons. The quantitative estimate of drug-likeness (QED) is 0.394. The Bertz CT molecular complexity index is 71.2. The molecule has 0 nitrogen and oxygen atoms in total. The van der Waals surface area contributed by atoms with E-state index in [0.717, 1.165) is 0 Å². The minimum atomic E-state index is 1.22. The first-order valence-electron chi connectivity index (χ1n) is 5.93. The maximum atomic E-state index is 3.23. The molecule has 1 heteroatoms. The Kier molecular flexibility index (Phi) is 13.3. The standard InChI is InChI=1S/C12H25.Pd/c1-3-5-7-9-11-12-10-8-6-4-2;/h1,3-12H2,2H3;. The summed E-state index contributed by atoms with van der Waals surface area (Å²) < 4.78 is 0. The third-order valence-electron chi connectivity index (χ3n) is 2.47. The molecule has 83 valence electrons. The second kappa shape index (κ2) is 12.7. The Morgan fingerprint density at radius 3 is 1.38 bits per heavy atom. The van der Waals surface area contributed by atoms with Gasteiger partial charge in [-0.15, -0.1) is 0 Å². The Balaban J connectivity index is 2.76. The molecule has 0 aromatic rings. The van der Waals surface area contributed by atoms with E-state index in [0.29, 0.717) is 0 Å². The van der Waals surface area contributed by atoms with Crippen molar-refractivity contribution in [2.75, 3.05) is 0 Å². The molecule has 0 amide bonds. The molecule has 0 spiro atoms. The Morgan fingerprint density at radius 2 is 1.00 bits per heavy atom. The average Bonchev–Trinajstić information content (AvgIpc) is 2.16. The minimum absolute atomic E-state index is 1.22. The van der Waals surface area contributed by atoms with Crippen molar-refractivity contribution < 1.29 is 19.2 Å². The third kappa shape index (κ3) is 12.7. The van der Waals surface area contributed by atoms with Crippen LogP contribution in [0.5, 0.6) is 0 Å². The Hall–Kier alpha value is 0.662. The zero-order valence-electron chi connectivity index (χ0n) is 9.09. The molecule has 0 unspecified atom stereocenters. The SMILES string of the molecule is CCCCCCCCCCC[CH2][Pd]. The molecular weight excluding hydrogens is 251 g/mol. The van der Waals surface area contributed by atoms with E-state index >= 15 is 0 Å². The van der Waals surface area contributed by atoms with Crippen LogP contribution in [-0.4, -0.2) is 0 Å². The predicted molar refractivity (Wildman–Crippen MR) is 56.7 cm³/mol. The van der Waals surface area contributed by atoms with Gasteiger partial charge in [-0.05, 0) is 0 Å². The van der Waals surface area contributed by atoms with Crippen LogP contribution < -0.4 is 0 Å². The van der Waals surface area contributed by atoms with E-state index in [4.69, 9.17) is 0 Å². The van der Waals surface area contributed by atoms with Crippen molar-refractivity contribution in [3.63, 3.8) is 0 Å². The van der Waals surface area contributed by atoms with E-state index in [1.165, 1.54) is 69.1 Å². The number of unbranched alkanes of at least 4 members (excludes halogenated alkanes) is 9. The number of hydrogen-bond acceptors (Lipinski definition) is 0. The predicted octanol–water partition coefficient (Wildman–Crippen LogP) is 4.87. The van der Waals surface area contributed by atoms with Crippen LogP contribution in [0.15, 0.2) is 0 Å². The first-order chi connectivity index (χ1) is 6.41. The van der Waals surface area contributed by atoms with Crippen molar-refractivity contribution in [2.45, 2.75) is 76.0 Å². The summed E-state index contributed by atoms with van der Waals surface area (Å²) in [7, 11) is 0. The van der Waals surface area contributed by atoms with Gasteiger partial charge in [-0.2, -0.15) is 0 Å². The van der Waals surface area contributed by atoms with Gasteiger partial charge in [0.2, 0.25) is 0 Å². The van der Waals surface area contributed by atoms with Crippen LogP contribution in [0.1, 0.15) is 71.1 Å². The summed E-state index contributed by atoms with van der Waals surface area (Å²) in [5.74, 6) is 0. The second-order valence-corrected chi connectivity index (χ2v) is 4.62. The fraction of sp³-hybridized carbons (Fsp3) is 1.00. The van der Waals surface area contributed by atoms with Gasteiger partial charge in [0.25, 0.3) is 0 Å². The topological polar surface area (TPSA) is 0 Å². The van der Waals surface area contributed by atoms with Crippen LogP contribution in [0.4, 0.5) is 0 Å². The normalized spacial score (nSPS) is 10.7. The van der Waals surface area contributed by atoms with Crippen LogP contribution in [0, 0.1) is 0 Å². The molecule has 0 aromatic heterocycles. The monoisotopic (exact) mass is 275 g/mol. The van der Waals surface area contributed by atoms with Gasteiger partial charge < -0.3 is 0 Å². The van der Waals surface area contributed by atoms with Crippen molar-refractivity contribution in [3.05, 3.63) is 0 Å². The van der Waals surface area contributed by atoms with Crippen molar-refractivity contribution in [3.8, 4) is 0 Å². The van der Waals surface area contributed by atoms with Gasteiger partial charge >= 0.3 is 95.2 Å². The summed E-state index contributed by atoms with van der Waals surface area (Å²) in [5.41, 5.74) is 0. The van der Waals surface area contributed by atoms with E-state index in [2.05, 4.69) is 26.1 Å². The zero-order chi connectivity index (χ0) is 9.78. The molecule has 0 bridgehead atoms. The molecule has 13 heavy (non-hydrogen) atoms. The molecule has 0 aliphatic rings. The summed E-state index contributed by atoms with van der Waals surface area (Å²) in [6, 6.07) is 0. The third-order valence-corrected chi connectivity index (χ3v) is 3.01. The second-order valence-electron chi connectivity index (χ2n) is 3.84. The van der Waals surface area contributed by atoms with Gasteiger partial charge in [0.1, 0.15) is 0 Å². The van der Waals surface area contributed by atoms with Gasteiger partial charge in [0, 0.05) is 0 Å². The molecule has 0 saturated heterocycles. The molecule has 0 N–H and O–H groups in total. The molecular formula is C12H25Pd. The molecule has 0 fully saturated rings. The van der Waals surface area contributed by atoms with Crippen molar-refractivity contribution in [1.82, 2.24) is 0 Å². The van der Waals surface area contributed by atoms with Crippen LogP contribution in [0.2, 0.25) is 4.89 Å². The average molecular weight is 276 g/mol. The molecule has 0 aromatic carbocycles. The van der Waals surface area contributed by atoms with E-state index in [1.54, 1.807) is 0 Å². The van der Waals surface area contributed by atoms with Crippen LogP contribution >= 0.6 is 0 Å². The molecule has 0 aliphatic carbocycles. The summed E-state index contributed by atoms with van der Waals surface area (Å²) in [5, 5.41) is 0. The number of hydrogen-bond donors (Lipinski definition) is 0.